The number of fused-ring (bicyclic) bond motifs is 1. The fraction of sp³-hybridized carbons (Fsp3) is 0.727. The van der Waals surface area contributed by atoms with Crippen LogP contribution in [0.2, 0.25) is 0 Å². The normalized spacial score (nSPS) is 26.2. The Morgan fingerprint density at radius 3 is 3.14 bits per heavy atom. The van der Waals surface area contributed by atoms with Gasteiger partial charge in [0.05, 0.1) is 6.20 Å². The van der Waals surface area contributed by atoms with Crippen molar-refractivity contribution >= 4 is 0 Å². The number of nitrogens with one attached hydrogen (secondary N) is 1. The van der Waals surface area contributed by atoms with E-state index in [-0.39, 0.29) is 0 Å². The van der Waals surface area contributed by atoms with Crippen molar-refractivity contribution in [2.45, 2.75) is 25.7 Å². The lowest BCUT2D eigenvalue weighted by Crippen LogP contribution is -2.27. The number of nitrogens with zero attached hydrogens (tertiary/aromatic N) is 2. The highest BCUT2D eigenvalue weighted by atomic mass is 15.3. The molecule has 3 heteroatoms. The first-order chi connectivity index (χ1) is 6.74. The van der Waals surface area contributed by atoms with Gasteiger partial charge in [-0.1, -0.05) is 6.92 Å². The SMILES string of the molecule is CNCC1c2cnn(C)c2CCC1C. The molecule has 2 rings (SSSR count). The van der Waals surface area contributed by atoms with Gasteiger partial charge in [0.1, 0.15) is 0 Å². The molecule has 1 heterocycles. The van der Waals surface area contributed by atoms with Gasteiger partial charge in [-0.15, -0.1) is 0 Å². The van der Waals surface area contributed by atoms with Crippen LogP contribution >= 0.6 is 0 Å². The summed E-state index contributed by atoms with van der Waals surface area (Å²) < 4.78 is 2.03. The molecule has 1 aliphatic carbocycles. The summed E-state index contributed by atoms with van der Waals surface area (Å²) >= 11 is 0. The molecule has 1 aromatic heterocycles. The molecule has 78 valence electrons. The van der Waals surface area contributed by atoms with E-state index in [1.54, 1.807) is 0 Å². The third kappa shape index (κ3) is 1.46. The van der Waals surface area contributed by atoms with Crippen LogP contribution in [0.15, 0.2) is 6.20 Å². The Hall–Kier alpha value is -0.830. The Labute approximate surface area is 85.5 Å². The fourth-order valence-electron chi connectivity index (χ4n) is 2.50. The van der Waals surface area contributed by atoms with Gasteiger partial charge in [-0.05, 0) is 31.4 Å². The largest absolute Gasteiger partial charge is 0.319 e. The monoisotopic (exact) mass is 193 g/mol. The zero-order valence-corrected chi connectivity index (χ0v) is 9.25. The second-order valence-electron chi connectivity index (χ2n) is 4.35. The van der Waals surface area contributed by atoms with Gasteiger partial charge in [0.2, 0.25) is 0 Å². The lowest BCUT2D eigenvalue weighted by atomic mass is 9.79. The van der Waals surface area contributed by atoms with Gasteiger partial charge in [-0.2, -0.15) is 5.10 Å². The molecule has 0 saturated heterocycles. The Morgan fingerprint density at radius 2 is 2.43 bits per heavy atom. The summed E-state index contributed by atoms with van der Waals surface area (Å²) in [4.78, 5) is 0. The van der Waals surface area contributed by atoms with Crippen LogP contribution in [0.4, 0.5) is 0 Å². The van der Waals surface area contributed by atoms with Crippen molar-refractivity contribution in [3.63, 3.8) is 0 Å². The molecule has 0 saturated carbocycles. The second-order valence-corrected chi connectivity index (χ2v) is 4.35. The van der Waals surface area contributed by atoms with Crippen LogP contribution in [0.5, 0.6) is 0 Å². The number of aromatic nitrogens is 2. The van der Waals surface area contributed by atoms with Crippen molar-refractivity contribution in [1.29, 1.82) is 0 Å². The Kier molecular flexibility index (Phi) is 2.59. The summed E-state index contributed by atoms with van der Waals surface area (Å²) in [6.07, 6.45) is 4.53. The van der Waals surface area contributed by atoms with E-state index in [1.165, 1.54) is 24.1 Å². The van der Waals surface area contributed by atoms with E-state index in [0.717, 1.165) is 12.5 Å². The maximum absolute atomic E-state index is 4.35. The van der Waals surface area contributed by atoms with Crippen molar-refractivity contribution in [1.82, 2.24) is 15.1 Å². The molecule has 0 radical (unpaired) electrons. The quantitative estimate of drug-likeness (QED) is 0.767. The molecule has 1 N–H and O–H groups in total. The number of likely N-dealkylation sites (N-methyl/N-ethyl adjacent to an activating group) is 1. The topological polar surface area (TPSA) is 29.9 Å². The van der Waals surface area contributed by atoms with E-state index in [0.29, 0.717) is 5.92 Å². The molecule has 3 nitrogen and oxygen atoms in total. The number of aryl methyl sites for hydroxylation is 1. The molecule has 1 aromatic rings. The minimum atomic E-state index is 0.650. The second kappa shape index (κ2) is 3.73. The van der Waals surface area contributed by atoms with E-state index in [2.05, 4.69) is 17.3 Å². The lowest BCUT2D eigenvalue weighted by molar-refractivity contribution is 0.387. The maximum atomic E-state index is 4.35. The standard InChI is InChI=1S/C11H19N3/c1-8-4-5-11-10(7-13-14(11)3)9(8)6-12-2/h7-9,12H,4-6H2,1-3H3. The van der Waals surface area contributed by atoms with Gasteiger partial charge < -0.3 is 5.32 Å². The van der Waals surface area contributed by atoms with Crippen LogP contribution in [0.25, 0.3) is 0 Å². The van der Waals surface area contributed by atoms with Gasteiger partial charge in [0.15, 0.2) is 0 Å². The average Bonchev–Trinajstić information content (AvgIpc) is 2.53. The molecule has 0 aromatic carbocycles. The van der Waals surface area contributed by atoms with Gasteiger partial charge in [0.25, 0.3) is 0 Å². The van der Waals surface area contributed by atoms with Gasteiger partial charge in [0, 0.05) is 25.2 Å². The van der Waals surface area contributed by atoms with Crippen LogP contribution in [0.3, 0.4) is 0 Å². The predicted molar refractivity (Wildman–Crippen MR) is 57.4 cm³/mol. The van der Waals surface area contributed by atoms with Crippen molar-refractivity contribution in [2.24, 2.45) is 13.0 Å². The Balaban J connectivity index is 2.32. The number of hydrogen-bond donors (Lipinski definition) is 1. The van der Waals surface area contributed by atoms with Crippen LogP contribution in [0.1, 0.15) is 30.5 Å². The Morgan fingerprint density at radius 1 is 1.64 bits per heavy atom. The molecule has 14 heavy (non-hydrogen) atoms. The smallest absolute Gasteiger partial charge is 0.0527 e. The van der Waals surface area contributed by atoms with E-state index in [4.69, 9.17) is 0 Å². The van der Waals surface area contributed by atoms with Crippen molar-refractivity contribution in [3.05, 3.63) is 17.5 Å². The molecule has 1 aliphatic rings. The number of hydrogen-bond acceptors (Lipinski definition) is 2. The van der Waals surface area contributed by atoms with E-state index < -0.39 is 0 Å². The van der Waals surface area contributed by atoms with Gasteiger partial charge >= 0.3 is 0 Å². The highest BCUT2D eigenvalue weighted by molar-refractivity contribution is 5.26. The summed E-state index contributed by atoms with van der Waals surface area (Å²) in [5, 5.41) is 7.64. The summed E-state index contributed by atoms with van der Waals surface area (Å²) in [7, 11) is 4.07. The molecule has 2 unspecified atom stereocenters. The maximum Gasteiger partial charge on any atom is 0.0527 e. The summed E-state index contributed by atoms with van der Waals surface area (Å²) in [5.41, 5.74) is 2.89. The lowest BCUT2D eigenvalue weighted by Gasteiger charge is -2.29. The fourth-order valence-corrected chi connectivity index (χ4v) is 2.50. The minimum absolute atomic E-state index is 0.650. The van der Waals surface area contributed by atoms with E-state index in [9.17, 15) is 0 Å². The summed E-state index contributed by atoms with van der Waals surface area (Å²) in [6, 6.07) is 0. The molecule has 0 spiro atoms. The zero-order chi connectivity index (χ0) is 10.1. The molecule has 0 fully saturated rings. The summed E-state index contributed by atoms with van der Waals surface area (Å²) in [6.45, 7) is 3.41. The highest BCUT2D eigenvalue weighted by Gasteiger charge is 2.28. The Bertz CT molecular complexity index is 316. The van der Waals surface area contributed by atoms with Crippen molar-refractivity contribution in [3.8, 4) is 0 Å². The first kappa shape index (κ1) is 9.71. The van der Waals surface area contributed by atoms with Crippen LogP contribution in [-0.2, 0) is 13.5 Å². The molecule has 2 atom stereocenters. The van der Waals surface area contributed by atoms with Crippen LogP contribution in [-0.4, -0.2) is 23.4 Å². The molecule has 0 bridgehead atoms. The zero-order valence-electron chi connectivity index (χ0n) is 9.25. The van der Waals surface area contributed by atoms with E-state index >= 15 is 0 Å². The molecule has 0 amide bonds. The molecule has 0 aliphatic heterocycles. The predicted octanol–water partition coefficient (Wildman–Crippen LogP) is 1.31. The number of rotatable bonds is 2. The summed E-state index contributed by atoms with van der Waals surface area (Å²) in [5.74, 6) is 1.43. The van der Waals surface area contributed by atoms with Crippen molar-refractivity contribution in [2.75, 3.05) is 13.6 Å². The van der Waals surface area contributed by atoms with Gasteiger partial charge in [-0.3, -0.25) is 4.68 Å². The van der Waals surface area contributed by atoms with E-state index in [1.807, 2.05) is 25.0 Å². The van der Waals surface area contributed by atoms with Gasteiger partial charge in [-0.25, -0.2) is 0 Å². The third-order valence-electron chi connectivity index (χ3n) is 3.44. The van der Waals surface area contributed by atoms with Crippen LogP contribution in [0, 0.1) is 5.92 Å². The minimum Gasteiger partial charge on any atom is -0.319 e. The molecular formula is C11H19N3. The molecular weight excluding hydrogens is 174 g/mol. The van der Waals surface area contributed by atoms with Crippen molar-refractivity contribution < 1.29 is 0 Å². The highest BCUT2D eigenvalue weighted by Crippen LogP contribution is 2.34. The third-order valence-corrected chi connectivity index (χ3v) is 3.44. The first-order valence-corrected chi connectivity index (χ1v) is 5.39. The first-order valence-electron chi connectivity index (χ1n) is 5.39. The average molecular weight is 193 g/mol. The van der Waals surface area contributed by atoms with Crippen LogP contribution < -0.4 is 5.32 Å².